The van der Waals surface area contributed by atoms with Gasteiger partial charge in [0, 0.05) is 19.5 Å². The van der Waals surface area contributed by atoms with Gasteiger partial charge < -0.3 is 11.1 Å². The van der Waals surface area contributed by atoms with Crippen LogP contribution in [0.3, 0.4) is 0 Å². The van der Waals surface area contributed by atoms with Crippen LogP contribution in [0.4, 0.5) is 0 Å². The van der Waals surface area contributed by atoms with E-state index in [0.29, 0.717) is 12.8 Å². The summed E-state index contributed by atoms with van der Waals surface area (Å²) in [4.78, 5) is 36.2. The summed E-state index contributed by atoms with van der Waals surface area (Å²) < 4.78 is 0. The van der Waals surface area contributed by atoms with Gasteiger partial charge in [0.05, 0.1) is 5.92 Å². The minimum absolute atomic E-state index is 0.108. The number of piperidine rings is 1. The Balaban J connectivity index is 1.95. The maximum Gasteiger partial charge on any atom is 0.251 e. The van der Waals surface area contributed by atoms with E-state index in [4.69, 9.17) is 5.73 Å². The van der Waals surface area contributed by atoms with Crippen LogP contribution >= 0.6 is 0 Å². The number of likely N-dealkylation sites (N-methyl/N-ethyl adjacent to an activating group) is 1. The Hall–Kier alpha value is -1.43. The number of nitrogens with two attached hydrogens (primary N) is 1. The lowest BCUT2D eigenvalue weighted by molar-refractivity contribution is -0.149. The number of imide groups is 1. The van der Waals surface area contributed by atoms with Crippen LogP contribution in [-0.2, 0) is 14.4 Å². The van der Waals surface area contributed by atoms with Crippen molar-refractivity contribution in [2.75, 3.05) is 7.05 Å². The van der Waals surface area contributed by atoms with Crippen molar-refractivity contribution in [2.24, 2.45) is 11.7 Å². The highest BCUT2D eigenvalue weighted by atomic mass is 16.2. The normalized spacial score (nSPS) is 32.8. The third kappa shape index (κ3) is 2.38. The zero-order valence-electron chi connectivity index (χ0n) is 10.5. The summed E-state index contributed by atoms with van der Waals surface area (Å²) in [5.41, 5.74) is 5.86. The number of amides is 3. The largest absolute Gasteiger partial charge is 0.344 e. The summed E-state index contributed by atoms with van der Waals surface area (Å²) in [6.45, 7) is 0. The molecule has 3 amide bonds. The molecule has 3 unspecified atom stereocenters. The Kier molecular flexibility index (Phi) is 3.65. The molecular formula is C12H19N3O3. The van der Waals surface area contributed by atoms with Gasteiger partial charge in [0.25, 0.3) is 5.91 Å². The number of nitrogens with one attached hydrogen (secondary N) is 1. The van der Waals surface area contributed by atoms with Crippen molar-refractivity contribution in [3.8, 4) is 0 Å². The van der Waals surface area contributed by atoms with Crippen LogP contribution in [0.2, 0.25) is 0 Å². The van der Waals surface area contributed by atoms with E-state index in [9.17, 15) is 14.4 Å². The SMILES string of the molecule is CN1C(=O)CCC(NC(=O)C2CCCC2N)C1=O. The quantitative estimate of drug-likeness (QED) is 0.641. The van der Waals surface area contributed by atoms with E-state index in [1.165, 1.54) is 7.05 Å². The average Bonchev–Trinajstić information content (AvgIpc) is 2.76. The third-order valence-electron chi connectivity index (χ3n) is 3.87. The number of hydrogen-bond donors (Lipinski definition) is 2. The molecule has 0 aromatic heterocycles. The minimum atomic E-state index is -0.576. The summed E-state index contributed by atoms with van der Waals surface area (Å²) in [5.74, 6) is -0.865. The van der Waals surface area contributed by atoms with Gasteiger partial charge >= 0.3 is 0 Å². The van der Waals surface area contributed by atoms with Crippen molar-refractivity contribution in [1.82, 2.24) is 10.2 Å². The predicted molar refractivity (Wildman–Crippen MR) is 64.3 cm³/mol. The van der Waals surface area contributed by atoms with Crippen LogP contribution in [0.15, 0.2) is 0 Å². The van der Waals surface area contributed by atoms with Gasteiger partial charge in [0.15, 0.2) is 0 Å². The smallest absolute Gasteiger partial charge is 0.251 e. The van der Waals surface area contributed by atoms with E-state index in [0.717, 1.165) is 24.2 Å². The van der Waals surface area contributed by atoms with E-state index in [2.05, 4.69) is 5.32 Å². The lowest BCUT2D eigenvalue weighted by Gasteiger charge is -2.29. The lowest BCUT2D eigenvalue weighted by Crippen LogP contribution is -2.54. The first kappa shape index (κ1) is 13.0. The molecule has 0 bridgehead atoms. The van der Waals surface area contributed by atoms with Crippen molar-refractivity contribution in [3.05, 3.63) is 0 Å². The fourth-order valence-electron chi connectivity index (χ4n) is 2.64. The molecule has 0 aromatic carbocycles. The average molecular weight is 253 g/mol. The van der Waals surface area contributed by atoms with Gasteiger partial charge in [-0.15, -0.1) is 0 Å². The molecule has 6 heteroatoms. The van der Waals surface area contributed by atoms with Gasteiger partial charge in [-0.05, 0) is 19.3 Å². The first-order chi connectivity index (χ1) is 8.50. The van der Waals surface area contributed by atoms with Gasteiger partial charge in [-0.2, -0.15) is 0 Å². The van der Waals surface area contributed by atoms with Gasteiger partial charge in [-0.25, -0.2) is 0 Å². The molecule has 1 aliphatic heterocycles. The highest BCUT2D eigenvalue weighted by molar-refractivity contribution is 6.01. The molecule has 2 rings (SSSR count). The molecule has 1 saturated heterocycles. The number of hydrogen-bond acceptors (Lipinski definition) is 4. The molecule has 3 N–H and O–H groups in total. The highest BCUT2D eigenvalue weighted by Gasteiger charge is 2.36. The highest BCUT2D eigenvalue weighted by Crippen LogP contribution is 2.24. The monoisotopic (exact) mass is 253 g/mol. The molecule has 100 valence electrons. The maximum absolute atomic E-state index is 12.0. The van der Waals surface area contributed by atoms with Crippen LogP contribution in [0.1, 0.15) is 32.1 Å². The number of carbonyl (C=O) groups excluding carboxylic acids is 3. The molecular weight excluding hydrogens is 234 g/mol. The zero-order valence-corrected chi connectivity index (χ0v) is 10.5. The van der Waals surface area contributed by atoms with Crippen LogP contribution in [0, 0.1) is 5.92 Å². The first-order valence-corrected chi connectivity index (χ1v) is 6.37. The van der Waals surface area contributed by atoms with E-state index >= 15 is 0 Å². The second kappa shape index (κ2) is 5.06. The fourth-order valence-corrected chi connectivity index (χ4v) is 2.64. The van der Waals surface area contributed by atoms with Crippen molar-refractivity contribution < 1.29 is 14.4 Å². The number of nitrogens with zero attached hydrogens (tertiary/aromatic N) is 1. The molecule has 3 atom stereocenters. The number of carbonyl (C=O) groups is 3. The molecule has 2 aliphatic rings. The molecule has 0 spiro atoms. The molecule has 1 saturated carbocycles. The third-order valence-corrected chi connectivity index (χ3v) is 3.87. The van der Waals surface area contributed by atoms with Crippen molar-refractivity contribution in [3.63, 3.8) is 0 Å². The molecule has 6 nitrogen and oxygen atoms in total. The second-order valence-electron chi connectivity index (χ2n) is 5.09. The number of rotatable bonds is 2. The minimum Gasteiger partial charge on any atom is -0.344 e. The lowest BCUT2D eigenvalue weighted by atomic mass is 10.00. The first-order valence-electron chi connectivity index (χ1n) is 6.37. The van der Waals surface area contributed by atoms with Gasteiger partial charge in [-0.1, -0.05) is 6.42 Å². The van der Waals surface area contributed by atoms with Gasteiger partial charge in [0.1, 0.15) is 6.04 Å². The van der Waals surface area contributed by atoms with Crippen molar-refractivity contribution in [1.29, 1.82) is 0 Å². The van der Waals surface area contributed by atoms with E-state index in [1.807, 2.05) is 0 Å². The zero-order chi connectivity index (χ0) is 13.3. The Bertz CT molecular complexity index is 383. The molecule has 1 heterocycles. The predicted octanol–water partition coefficient (Wildman–Crippen LogP) is -0.623. The van der Waals surface area contributed by atoms with E-state index in [-0.39, 0.29) is 29.7 Å². The van der Waals surface area contributed by atoms with E-state index in [1.54, 1.807) is 0 Å². The van der Waals surface area contributed by atoms with Crippen LogP contribution in [0.5, 0.6) is 0 Å². The number of likely N-dealkylation sites (tertiary alicyclic amines) is 1. The molecule has 1 aliphatic carbocycles. The Labute approximate surface area is 106 Å². The van der Waals surface area contributed by atoms with Crippen molar-refractivity contribution >= 4 is 17.7 Å². The summed E-state index contributed by atoms with van der Waals surface area (Å²) in [6.07, 6.45) is 3.27. The molecule has 2 fully saturated rings. The van der Waals surface area contributed by atoms with Crippen LogP contribution in [-0.4, -0.2) is 41.8 Å². The summed E-state index contributed by atoms with van der Waals surface area (Å²) >= 11 is 0. The molecule has 0 aromatic rings. The maximum atomic E-state index is 12.0. The Morgan fingerprint density at radius 3 is 2.67 bits per heavy atom. The summed E-state index contributed by atoms with van der Waals surface area (Å²) in [7, 11) is 1.45. The van der Waals surface area contributed by atoms with Crippen molar-refractivity contribution in [2.45, 2.75) is 44.2 Å². The van der Waals surface area contributed by atoms with Gasteiger partial charge in [0.2, 0.25) is 11.8 Å². The van der Waals surface area contributed by atoms with Gasteiger partial charge in [-0.3, -0.25) is 19.3 Å². The fraction of sp³-hybridized carbons (Fsp3) is 0.750. The second-order valence-corrected chi connectivity index (χ2v) is 5.09. The topological polar surface area (TPSA) is 92.5 Å². The summed E-state index contributed by atoms with van der Waals surface area (Å²) in [6, 6.07) is -0.684. The Morgan fingerprint density at radius 2 is 2.06 bits per heavy atom. The van der Waals surface area contributed by atoms with E-state index < -0.39 is 6.04 Å². The standard InChI is InChI=1S/C12H19N3O3/c1-15-10(16)6-5-9(12(15)18)14-11(17)7-3-2-4-8(7)13/h7-9H,2-6,13H2,1H3,(H,14,17). The van der Waals surface area contributed by atoms with Crippen LogP contribution in [0.25, 0.3) is 0 Å². The molecule has 0 radical (unpaired) electrons. The Morgan fingerprint density at radius 1 is 1.33 bits per heavy atom. The summed E-state index contributed by atoms with van der Waals surface area (Å²) in [5, 5.41) is 2.73. The molecule has 18 heavy (non-hydrogen) atoms. The van der Waals surface area contributed by atoms with Crippen LogP contribution < -0.4 is 11.1 Å².